The highest BCUT2D eigenvalue weighted by Crippen LogP contribution is 2.28. The van der Waals surface area contributed by atoms with Crippen molar-refractivity contribution < 1.29 is 9.13 Å². The number of nitrogens with two attached hydrogens (primary N) is 1. The molecule has 1 aliphatic heterocycles. The van der Waals surface area contributed by atoms with Gasteiger partial charge in [-0.25, -0.2) is 4.39 Å². The summed E-state index contributed by atoms with van der Waals surface area (Å²) in [4.78, 5) is 2.26. The topological polar surface area (TPSA) is 38.5 Å². The van der Waals surface area contributed by atoms with E-state index in [9.17, 15) is 4.39 Å². The van der Waals surface area contributed by atoms with Gasteiger partial charge in [-0.3, -0.25) is 4.90 Å². The van der Waals surface area contributed by atoms with Crippen LogP contribution in [-0.2, 0) is 4.74 Å². The molecule has 0 saturated carbocycles. The number of hydrogen-bond donors (Lipinski definition) is 1. The molecule has 0 aliphatic carbocycles. The van der Waals surface area contributed by atoms with E-state index in [0.29, 0.717) is 18.2 Å². The number of rotatable bonds is 3. The van der Waals surface area contributed by atoms with Crippen LogP contribution in [0.5, 0.6) is 0 Å². The first-order valence-electron chi connectivity index (χ1n) is 6.54. The lowest BCUT2D eigenvalue weighted by atomic mass is 10.0. The third-order valence-corrected chi connectivity index (χ3v) is 3.77. The van der Waals surface area contributed by atoms with Gasteiger partial charge in [-0.2, -0.15) is 0 Å². The smallest absolute Gasteiger partial charge is 0.125 e. The minimum atomic E-state index is -0.324. The Kier molecular flexibility index (Phi) is 4.79. The summed E-state index contributed by atoms with van der Waals surface area (Å²) in [6.07, 6.45) is 0.161. The molecule has 19 heavy (non-hydrogen) atoms. The molecule has 3 atom stereocenters. The van der Waals surface area contributed by atoms with Crippen LogP contribution in [0.25, 0.3) is 0 Å². The Balaban J connectivity index is 2.27. The van der Waals surface area contributed by atoms with Gasteiger partial charge in [0.2, 0.25) is 0 Å². The molecule has 0 radical (unpaired) electrons. The van der Waals surface area contributed by atoms with Crippen molar-refractivity contribution in [2.75, 3.05) is 19.7 Å². The fourth-order valence-electron chi connectivity index (χ4n) is 2.59. The summed E-state index contributed by atoms with van der Waals surface area (Å²) in [6, 6.07) is 4.83. The number of halogens is 2. The summed E-state index contributed by atoms with van der Waals surface area (Å²) in [5, 5.41) is 0.405. The van der Waals surface area contributed by atoms with E-state index in [-0.39, 0.29) is 24.0 Å². The molecule has 1 aliphatic rings. The quantitative estimate of drug-likeness (QED) is 0.928. The maximum absolute atomic E-state index is 13.5. The zero-order chi connectivity index (χ0) is 14.0. The second kappa shape index (κ2) is 6.18. The van der Waals surface area contributed by atoms with Crippen molar-refractivity contribution in [3.63, 3.8) is 0 Å². The van der Waals surface area contributed by atoms with Crippen LogP contribution in [0, 0.1) is 5.82 Å². The summed E-state index contributed by atoms with van der Waals surface area (Å²) >= 11 is 5.93. The van der Waals surface area contributed by atoms with Crippen LogP contribution >= 0.6 is 11.6 Å². The molecule has 0 spiro atoms. The zero-order valence-electron chi connectivity index (χ0n) is 11.3. The number of ether oxygens (including phenoxy) is 1. The summed E-state index contributed by atoms with van der Waals surface area (Å²) in [5.41, 5.74) is 6.72. The molecule has 0 amide bonds. The van der Waals surface area contributed by atoms with Crippen LogP contribution < -0.4 is 5.73 Å². The van der Waals surface area contributed by atoms with E-state index in [1.807, 2.05) is 6.92 Å². The predicted molar refractivity (Wildman–Crippen MR) is 74.8 cm³/mol. The monoisotopic (exact) mass is 286 g/mol. The fraction of sp³-hybridized carbons (Fsp3) is 0.571. The molecule has 1 fully saturated rings. The average Bonchev–Trinajstić information content (AvgIpc) is 2.33. The van der Waals surface area contributed by atoms with Crippen molar-refractivity contribution in [3.8, 4) is 0 Å². The molecule has 2 rings (SSSR count). The van der Waals surface area contributed by atoms with Gasteiger partial charge < -0.3 is 10.5 Å². The summed E-state index contributed by atoms with van der Waals surface area (Å²) in [6.45, 7) is 6.01. The Hall–Kier alpha value is -0.680. The second-order valence-corrected chi connectivity index (χ2v) is 5.58. The van der Waals surface area contributed by atoms with E-state index in [1.54, 1.807) is 6.07 Å². The van der Waals surface area contributed by atoms with Crippen LogP contribution in [0.2, 0.25) is 5.02 Å². The number of nitrogens with zero attached hydrogens (tertiary/aromatic N) is 1. The summed E-state index contributed by atoms with van der Waals surface area (Å²) in [5.74, 6) is -0.324. The Labute approximate surface area is 118 Å². The Morgan fingerprint density at radius 1 is 1.47 bits per heavy atom. The second-order valence-electron chi connectivity index (χ2n) is 5.14. The van der Waals surface area contributed by atoms with E-state index in [0.717, 1.165) is 12.1 Å². The standard InChI is InChI=1S/C14H20ClFN2O/c1-9-8-19-10(2)7-18(9)14(6-17)11-3-12(15)5-13(16)4-11/h3-5,9-10,14H,6-8,17H2,1-2H3. The highest BCUT2D eigenvalue weighted by molar-refractivity contribution is 6.30. The molecular formula is C14H20ClFN2O. The molecule has 1 aromatic carbocycles. The van der Waals surface area contributed by atoms with Gasteiger partial charge in [0.25, 0.3) is 0 Å². The molecule has 3 nitrogen and oxygen atoms in total. The van der Waals surface area contributed by atoms with Crippen molar-refractivity contribution in [1.82, 2.24) is 4.90 Å². The van der Waals surface area contributed by atoms with E-state index in [1.165, 1.54) is 12.1 Å². The lowest BCUT2D eigenvalue weighted by Gasteiger charge is -2.41. The molecule has 1 saturated heterocycles. The van der Waals surface area contributed by atoms with Gasteiger partial charge in [0.05, 0.1) is 12.7 Å². The van der Waals surface area contributed by atoms with E-state index < -0.39 is 0 Å². The van der Waals surface area contributed by atoms with Crippen molar-refractivity contribution >= 4 is 11.6 Å². The molecule has 0 aromatic heterocycles. The molecule has 0 bridgehead atoms. The molecule has 1 heterocycles. The highest BCUT2D eigenvalue weighted by Gasteiger charge is 2.30. The first-order chi connectivity index (χ1) is 9.01. The molecule has 5 heteroatoms. The molecular weight excluding hydrogens is 267 g/mol. The number of hydrogen-bond acceptors (Lipinski definition) is 3. The van der Waals surface area contributed by atoms with Crippen LogP contribution in [0.15, 0.2) is 18.2 Å². The largest absolute Gasteiger partial charge is 0.376 e. The third-order valence-electron chi connectivity index (χ3n) is 3.55. The maximum atomic E-state index is 13.5. The molecule has 2 N–H and O–H groups in total. The van der Waals surface area contributed by atoms with Gasteiger partial charge in [0.15, 0.2) is 0 Å². The summed E-state index contributed by atoms with van der Waals surface area (Å²) in [7, 11) is 0. The van der Waals surface area contributed by atoms with Gasteiger partial charge in [0, 0.05) is 30.2 Å². The van der Waals surface area contributed by atoms with E-state index in [4.69, 9.17) is 22.1 Å². The van der Waals surface area contributed by atoms with Crippen molar-refractivity contribution in [2.45, 2.75) is 32.0 Å². The van der Waals surface area contributed by atoms with Gasteiger partial charge in [-0.15, -0.1) is 0 Å². The molecule has 106 valence electrons. The van der Waals surface area contributed by atoms with Crippen molar-refractivity contribution in [3.05, 3.63) is 34.6 Å². The van der Waals surface area contributed by atoms with Crippen molar-refractivity contribution in [2.24, 2.45) is 5.73 Å². The van der Waals surface area contributed by atoms with Crippen LogP contribution in [-0.4, -0.2) is 36.7 Å². The lowest BCUT2D eigenvalue weighted by Crippen LogP contribution is -2.50. The van der Waals surface area contributed by atoms with E-state index >= 15 is 0 Å². The first kappa shape index (κ1) is 14.7. The minimum absolute atomic E-state index is 0.0328. The Morgan fingerprint density at radius 3 is 2.84 bits per heavy atom. The highest BCUT2D eigenvalue weighted by atomic mass is 35.5. The fourth-order valence-corrected chi connectivity index (χ4v) is 2.82. The van der Waals surface area contributed by atoms with Crippen LogP contribution in [0.4, 0.5) is 4.39 Å². The number of benzene rings is 1. The van der Waals surface area contributed by atoms with Crippen molar-refractivity contribution in [1.29, 1.82) is 0 Å². The predicted octanol–water partition coefficient (Wildman–Crippen LogP) is 2.59. The summed E-state index contributed by atoms with van der Waals surface area (Å²) < 4.78 is 19.1. The SMILES string of the molecule is CC1CN(C(CN)c2cc(F)cc(Cl)c2)C(C)CO1. The Morgan fingerprint density at radius 2 is 2.21 bits per heavy atom. The van der Waals surface area contributed by atoms with Gasteiger partial charge in [-0.1, -0.05) is 11.6 Å². The maximum Gasteiger partial charge on any atom is 0.125 e. The van der Waals surface area contributed by atoms with Gasteiger partial charge >= 0.3 is 0 Å². The minimum Gasteiger partial charge on any atom is -0.376 e. The third kappa shape index (κ3) is 3.45. The van der Waals surface area contributed by atoms with Crippen LogP contribution in [0.3, 0.4) is 0 Å². The lowest BCUT2D eigenvalue weighted by molar-refractivity contribution is -0.0654. The van der Waals surface area contributed by atoms with Gasteiger partial charge in [0.1, 0.15) is 5.82 Å². The molecule has 3 unspecified atom stereocenters. The van der Waals surface area contributed by atoms with E-state index in [2.05, 4.69) is 11.8 Å². The number of morpholine rings is 1. The first-order valence-corrected chi connectivity index (χ1v) is 6.92. The van der Waals surface area contributed by atoms with Crippen LogP contribution in [0.1, 0.15) is 25.5 Å². The normalized spacial score (nSPS) is 26.4. The average molecular weight is 287 g/mol. The van der Waals surface area contributed by atoms with Gasteiger partial charge in [-0.05, 0) is 37.6 Å². The zero-order valence-corrected chi connectivity index (χ0v) is 12.0. The molecule has 1 aromatic rings. The Bertz CT molecular complexity index is 423.